The predicted molar refractivity (Wildman–Crippen MR) is 86.5 cm³/mol. The lowest BCUT2D eigenvalue weighted by Gasteiger charge is -2.09. The molecule has 0 aromatic heterocycles. The summed E-state index contributed by atoms with van der Waals surface area (Å²) in [6.07, 6.45) is 0. The van der Waals surface area contributed by atoms with Crippen molar-refractivity contribution in [1.29, 1.82) is 0 Å². The monoisotopic (exact) mass is 369 g/mol. The van der Waals surface area contributed by atoms with E-state index in [-0.39, 0.29) is 5.56 Å². The quantitative estimate of drug-likeness (QED) is 0.745. The van der Waals surface area contributed by atoms with Crippen LogP contribution >= 0.6 is 27.5 Å². The van der Waals surface area contributed by atoms with Crippen molar-refractivity contribution >= 4 is 39.2 Å². The molecule has 6 heteroatoms. The first-order chi connectivity index (χ1) is 10.1. The Morgan fingerprint density at radius 2 is 1.95 bits per heavy atom. The van der Waals surface area contributed by atoms with Gasteiger partial charge in [0.1, 0.15) is 12.4 Å². The Balaban J connectivity index is 1.79. The fourth-order valence-electron chi connectivity index (χ4n) is 1.66. The van der Waals surface area contributed by atoms with Gasteiger partial charge in [-0.05, 0) is 58.4 Å². The molecular weight excluding hydrogens is 358 g/mol. The van der Waals surface area contributed by atoms with E-state index in [1.807, 2.05) is 18.2 Å². The number of halogens is 2. The second-order valence-electron chi connectivity index (χ2n) is 4.23. The fraction of sp³-hybridized carbons (Fsp3) is 0.133. The Morgan fingerprint density at radius 1 is 1.24 bits per heavy atom. The highest BCUT2D eigenvalue weighted by Gasteiger charge is 2.02. The van der Waals surface area contributed by atoms with E-state index in [1.165, 1.54) is 12.1 Å². The summed E-state index contributed by atoms with van der Waals surface area (Å²) in [5.74, 6) is -0.314. The van der Waals surface area contributed by atoms with Crippen molar-refractivity contribution in [2.75, 3.05) is 18.5 Å². The van der Waals surface area contributed by atoms with E-state index in [9.17, 15) is 4.79 Å². The molecular formula is C15H13BrClNO3. The van der Waals surface area contributed by atoms with E-state index in [0.29, 0.717) is 23.9 Å². The SMILES string of the molecule is O=C(O)c1ccc(OCCNc2ccc(Br)c(Cl)c2)cc1. The molecule has 2 rings (SSSR count). The molecule has 4 nitrogen and oxygen atoms in total. The molecule has 0 bridgehead atoms. The van der Waals surface area contributed by atoms with Crippen LogP contribution in [-0.2, 0) is 0 Å². The molecule has 0 heterocycles. The van der Waals surface area contributed by atoms with Crippen molar-refractivity contribution in [3.05, 3.63) is 57.5 Å². The number of carboxylic acid groups (broad SMARTS) is 1. The number of hydrogen-bond donors (Lipinski definition) is 2. The Labute approximate surface area is 135 Å². The van der Waals surface area contributed by atoms with Crippen molar-refractivity contribution in [2.24, 2.45) is 0 Å². The standard InChI is InChI=1S/C15H13BrClNO3/c16-13-6-3-11(9-14(13)17)18-7-8-21-12-4-1-10(2-5-12)15(19)20/h1-6,9,18H,7-8H2,(H,19,20). The zero-order chi connectivity index (χ0) is 15.2. The van der Waals surface area contributed by atoms with Gasteiger partial charge < -0.3 is 15.2 Å². The maximum Gasteiger partial charge on any atom is 0.335 e. The van der Waals surface area contributed by atoms with Gasteiger partial charge in [0, 0.05) is 16.7 Å². The molecule has 0 unspecified atom stereocenters. The molecule has 0 fully saturated rings. The third-order valence-electron chi connectivity index (χ3n) is 2.72. The summed E-state index contributed by atoms with van der Waals surface area (Å²) in [4.78, 5) is 10.7. The largest absolute Gasteiger partial charge is 0.492 e. The van der Waals surface area contributed by atoms with Crippen LogP contribution in [0, 0.1) is 0 Å². The fourth-order valence-corrected chi connectivity index (χ4v) is 2.09. The minimum atomic E-state index is -0.949. The van der Waals surface area contributed by atoms with Crippen molar-refractivity contribution in [3.63, 3.8) is 0 Å². The lowest BCUT2D eigenvalue weighted by molar-refractivity contribution is 0.0697. The van der Waals surface area contributed by atoms with Gasteiger partial charge in [-0.2, -0.15) is 0 Å². The maximum atomic E-state index is 10.7. The van der Waals surface area contributed by atoms with E-state index in [4.69, 9.17) is 21.4 Å². The minimum Gasteiger partial charge on any atom is -0.492 e. The molecule has 0 saturated carbocycles. The van der Waals surface area contributed by atoms with E-state index in [2.05, 4.69) is 21.2 Å². The molecule has 110 valence electrons. The van der Waals surface area contributed by atoms with Crippen molar-refractivity contribution in [2.45, 2.75) is 0 Å². The van der Waals surface area contributed by atoms with Gasteiger partial charge in [0.25, 0.3) is 0 Å². The molecule has 0 radical (unpaired) electrons. The highest BCUT2D eigenvalue weighted by molar-refractivity contribution is 9.10. The average molecular weight is 371 g/mol. The number of carbonyl (C=O) groups is 1. The van der Waals surface area contributed by atoms with Crippen LogP contribution in [0.4, 0.5) is 5.69 Å². The summed E-state index contributed by atoms with van der Waals surface area (Å²) in [7, 11) is 0. The number of anilines is 1. The molecule has 0 aliphatic heterocycles. The van der Waals surface area contributed by atoms with Crippen LogP contribution in [0.15, 0.2) is 46.9 Å². The molecule has 0 spiro atoms. The van der Waals surface area contributed by atoms with Crippen LogP contribution in [0.3, 0.4) is 0 Å². The van der Waals surface area contributed by atoms with Crippen LogP contribution in [0.1, 0.15) is 10.4 Å². The Hall–Kier alpha value is -1.72. The van der Waals surface area contributed by atoms with Crippen LogP contribution in [-0.4, -0.2) is 24.2 Å². The van der Waals surface area contributed by atoms with Gasteiger partial charge in [0.15, 0.2) is 0 Å². The number of nitrogens with one attached hydrogen (secondary N) is 1. The first-order valence-corrected chi connectivity index (χ1v) is 7.38. The van der Waals surface area contributed by atoms with Gasteiger partial charge in [0.05, 0.1) is 10.6 Å². The van der Waals surface area contributed by atoms with Crippen LogP contribution in [0.2, 0.25) is 5.02 Å². The van der Waals surface area contributed by atoms with Crippen LogP contribution in [0.5, 0.6) is 5.75 Å². The topological polar surface area (TPSA) is 58.6 Å². The molecule has 0 aliphatic rings. The van der Waals surface area contributed by atoms with Gasteiger partial charge in [-0.25, -0.2) is 4.79 Å². The van der Waals surface area contributed by atoms with Gasteiger partial charge >= 0.3 is 5.97 Å². The number of hydrogen-bond acceptors (Lipinski definition) is 3. The van der Waals surface area contributed by atoms with Gasteiger partial charge in [-0.1, -0.05) is 11.6 Å². The summed E-state index contributed by atoms with van der Waals surface area (Å²) < 4.78 is 6.37. The summed E-state index contributed by atoms with van der Waals surface area (Å²) in [6, 6.07) is 11.9. The van der Waals surface area contributed by atoms with E-state index in [1.54, 1.807) is 12.1 Å². The Bertz CT molecular complexity index is 631. The number of carboxylic acids is 1. The van der Waals surface area contributed by atoms with Gasteiger partial charge in [0.2, 0.25) is 0 Å². The van der Waals surface area contributed by atoms with E-state index in [0.717, 1.165) is 10.2 Å². The second kappa shape index (κ2) is 7.33. The smallest absolute Gasteiger partial charge is 0.335 e. The lowest BCUT2D eigenvalue weighted by Crippen LogP contribution is -2.11. The third-order valence-corrected chi connectivity index (χ3v) is 3.95. The third kappa shape index (κ3) is 4.65. The molecule has 2 aromatic carbocycles. The minimum absolute atomic E-state index is 0.241. The number of benzene rings is 2. The summed E-state index contributed by atoms with van der Waals surface area (Å²) >= 11 is 9.33. The number of ether oxygens (including phenoxy) is 1. The van der Waals surface area contributed by atoms with Crippen molar-refractivity contribution in [3.8, 4) is 5.75 Å². The highest BCUT2D eigenvalue weighted by atomic mass is 79.9. The van der Waals surface area contributed by atoms with Gasteiger partial charge in [-0.15, -0.1) is 0 Å². The van der Waals surface area contributed by atoms with Crippen molar-refractivity contribution < 1.29 is 14.6 Å². The summed E-state index contributed by atoms with van der Waals surface area (Å²) in [6.45, 7) is 1.07. The molecule has 2 aromatic rings. The molecule has 21 heavy (non-hydrogen) atoms. The highest BCUT2D eigenvalue weighted by Crippen LogP contribution is 2.25. The summed E-state index contributed by atoms with van der Waals surface area (Å²) in [5.41, 5.74) is 1.15. The van der Waals surface area contributed by atoms with Crippen LogP contribution < -0.4 is 10.1 Å². The molecule has 2 N–H and O–H groups in total. The first-order valence-electron chi connectivity index (χ1n) is 6.21. The predicted octanol–water partition coefficient (Wildman–Crippen LogP) is 4.29. The Kier molecular flexibility index (Phi) is 5.47. The zero-order valence-electron chi connectivity index (χ0n) is 11.0. The first kappa shape index (κ1) is 15.7. The van der Waals surface area contributed by atoms with E-state index < -0.39 is 5.97 Å². The molecule has 0 aliphatic carbocycles. The number of rotatable bonds is 6. The molecule has 0 saturated heterocycles. The lowest BCUT2D eigenvalue weighted by atomic mass is 10.2. The van der Waals surface area contributed by atoms with Crippen molar-refractivity contribution in [1.82, 2.24) is 0 Å². The van der Waals surface area contributed by atoms with E-state index >= 15 is 0 Å². The molecule has 0 atom stereocenters. The Morgan fingerprint density at radius 3 is 2.57 bits per heavy atom. The van der Waals surface area contributed by atoms with Gasteiger partial charge in [-0.3, -0.25) is 0 Å². The van der Waals surface area contributed by atoms with Crippen LogP contribution in [0.25, 0.3) is 0 Å². The number of aromatic carboxylic acids is 1. The normalized spacial score (nSPS) is 10.2. The second-order valence-corrected chi connectivity index (χ2v) is 5.50. The average Bonchev–Trinajstić information content (AvgIpc) is 2.47. The summed E-state index contributed by atoms with van der Waals surface area (Å²) in [5, 5.41) is 12.6. The molecule has 0 amide bonds. The zero-order valence-corrected chi connectivity index (χ0v) is 13.3. The maximum absolute atomic E-state index is 10.7.